The molecule has 2 rings (SSSR count). The van der Waals surface area contributed by atoms with E-state index in [4.69, 9.17) is 18.6 Å². The van der Waals surface area contributed by atoms with Gasteiger partial charge in [0.2, 0.25) is 0 Å². The van der Waals surface area contributed by atoms with Gasteiger partial charge in [-0.05, 0) is 59.1 Å². The standard InChI is InChI=1S/C37H42F17NO5Si/c1-8-23(6)28(60-29(56)55-25-11-15-26(57-7)16-12-25)24-9-13-27(14-10-24)58-18-19-59-61(21(2)3,22(4)5)20-17-30(38,39)31(40,41)32(42,43)33(44,45)34(46,47)35(48,49)36(50,51)37(52,53)54/h8-16,21-23,28H,1,17-20H2,2-7H3,(H,55,56)/t23-,28-/m1/s1. The number of nitrogens with one attached hydrogen (secondary N) is 1. The van der Waals surface area contributed by atoms with Gasteiger partial charge in [0.05, 0.1) is 13.7 Å². The number of ether oxygens (including phenoxy) is 3. The highest BCUT2D eigenvalue weighted by atomic mass is 28.4. The minimum atomic E-state index is -8.69. The van der Waals surface area contributed by atoms with Crippen molar-refractivity contribution in [2.75, 3.05) is 25.6 Å². The Labute approximate surface area is 339 Å². The van der Waals surface area contributed by atoms with Crippen LogP contribution in [0.4, 0.5) is 85.1 Å². The van der Waals surface area contributed by atoms with Gasteiger partial charge in [-0.15, -0.1) is 6.58 Å². The fourth-order valence-corrected chi connectivity index (χ4v) is 10.5. The van der Waals surface area contributed by atoms with Crippen molar-refractivity contribution < 1.29 is 98.1 Å². The average molecular weight is 932 g/mol. The van der Waals surface area contributed by atoms with E-state index >= 15 is 0 Å². The lowest BCUT2D eigenvalue weighted by Crippen LogP contribution is -2.74. The number of anilines is 1. The summed E-state index contributed by atoms with van der Waals surface area (Å²) < 4.78 is 257. The zero-order chi connectivity index (χ0) is 47.4. The molecule has 0 heterocycles. The van der Waals surface area contributed by atoms with E-state index in [1.165, 1.54) is 65.1 Å². The van der Waals surface area contributed by atoms with Crippen molar-refractivity contribution in [3.8, 4) is 11.5 Å². The largest absolute Gasteiger partial charge is 0.497 e. The molecule has 0 saturated carbocycles. The second-order valence-corrected chi connectivity index (χ2v) is 19.5. The van der Waals surface area contributed by atoms with E-state index in [0.717, 1.165) is 0 Å². The first kappa shape index (κ1) is 53.2. The summed E-state index contributed by atoms with van der Waals surface area (Å²) in [5, 5.41) is 2.57. The Balaban J connectivity index is 2.24. The van der Waals surface area contributed by atoms with E-state index in [1.807, 2.05) is 0 Å². The molecule has 24 heteroatoms. The van der Waals surface area contributed by atoms with Crippen molar-refractivity contribution in [1.29, 1.82) is 0 Å². The van der Waals surface area contributed by atoms with E-state index in [-0.39, 0.29) is 12.4 Å². The third-order valence-electron chi connectivity index (χ3n) is 9.92. The second kappa shape index (κ2) is 18.8. The van der Waals surface area contributed by atoms with E-state index in [0.29, 0.717) is 17.0 Å². The quantitative estimate of drug-likeness (QED) is 0.0551. The number of carbonyl (C=O) groups is 1. The number of halogens is 17. The van der Waals surface area contributed by atoms with Crippen molar-refractivity contribution in [2.45, 2.75) is 112 Å². The number of methoxy groups -OCH3 is 1. The van der Waals surface area contributed by atoms with Crippen LogP contribution in [0, 0.1) is 5.92 Å². The normalized spacial score (nSPS) is 15.1. The Morgan fingerprint density at radius 1 is 0.656 bits per heavy atom. The van der Waals surface area contributed by atoms with Gasteiger partial charge in [-0.2, -0.15) is 74.6 Å². The summed E-state index contributed by atoms with van der Waals surface area (Å²) in [5.41, 5.74) is -0.852. The van der Waals surface area contributed by atoms with Crippen molar-refractivity contribution in [3.63, 3.8) is 0 Å². The summed E-state index contributed by atoms with van der Waals surface area (Å²) in [7, 11) is -2.51. The summed E-state index contributed by atoms with van der Waals surface area (Å²) in [6.45, 7) is 9.85. The molecule has 0 fully saturated rings. The lowest BCUT2D eigenvalue weighted by molar-refractivity contribution is -0.461. The highest BCUT2D eigenvalue weighted by Gasteiger charge is 2.95. The SMILES string of the molecule is C=C[C@@H](C)[C@@H](OC(=O)Nc1ccc(OC)cc1)c1ccc(OCCO[Si](CCC(F)(F)C(F)(F)C(F)(F)C(F)(F)C(F)(F)C(F)(F)C(F)(F)C(F)(F)F)(C(C)C)C(C)C)cc1. The van der Waals surface area contributed by atoms with Crippen molar-refractivity contribution in [1.82, 2.24) is 0 Å². The van der Waals surface area contributed by atoms with Gasteiger partial charge >= 0.3 is 53.7 Å². The van der Waals surface area contributed by atoms with Gasteiger partial charge in [0.25, 0.3) is 0 Å². The van der Waals surface area contributed by atoms with Crippen molar-refractivity contribution in [2.24, 2.45) is 5.92 Å². The summed E-state index contributed by atoms with van der Waals surface area (Å²) in [4.78, 5) is 12.7. The van der Waals surface area contributed by atoms with E-state index in [2.05, 4.69) is 11.9 Å². The summed E-state index contributed by atoms with van der Waals surface area (Å²) >= 11 is 0. The fraction of sp³-hybridized carbons (Fsp3) is 0.595. The molecule has 0 radical (unpaired) electrons. The molecule has 348 valence electrons. The van der Waals surface area contributed by atoms with Crippen LogP contribution >= 0.6 is 0 Å². The zero-order valence-corrected chi connectivity index (χ0v) is 34.0. The monoisotopic (exact) mass is 931 g/mol. The minimum Gasteiger partial charge on any atom is -0.497 e. The minimum absolute atomic E-state index is 0.158. The summed E-state index contributed by atoms with van der Waals surface area (Å²) in [6, 6.07) is 10.9. The topological polar surface area (TPSA) is 66.0 Å². The molecule has 61 heavy (non-hydrogen) atoms. The Bertz CT molecular complexity index is 1750. The Morgan fingerprint density at radius 2 is 1.10 bits per heavy atom. The van der Waals surface area contributed by atoms with Gasteiger partial charge in [0, 0.05) is 18.0 Å². The molecule has 0 aliphatic rings. The van der Waals surface area contributed by atoms with Gasteiger partial charge < -0.3 is 18.6 Å². The molecule has 0 unspecified atom stereocenters. The highest BCUT2D eigenvalue weighted by molar-refractivity contribution is 6.76. The van der Waals surface area contributed by atoms with Crippen LogP contribution in [0.1, 0.15) is 52.7 Å². The molecule has 0 aliphatic carbocycles. The third-order valence-corrected chi connectivity index (χ3v) is 15.6. The smallest absolute Gasteiger partial charge is 0.460 e. The number of amides is 1. The van der Waals surface area contributed by atoms with Crippen molar-refractivity contribution in [3.05, 3.63) is 66.7 Å². The molecule has 1 amide bonds. The van der Waals surface area contributed by atoms with E-state index < -0.39 is 104 Å². The average Bonchev–Trinajstić information content (AvgIpc) is 3.15. The molecular formula is C37H42F17NO5Si. The first-order chi connectivity index (χ1) is 27.6. The van der Waals surface area contributed by atoms with E-state index in [1.54, 1.807) is 31.2 Å². The maximum atomic E-state index is 14.9. The Kier molecular flexibility index (Phi) is 16.4. The Morgan fingerprint density at radius 3 is 1.52 bits per heavy atom. The summed E-state index contributed by atoms with van der Waals surface area (Å²) in [5.74, 6) is -56.4. The molecular weight excluding hydrogens is 889 g/mol. The molecule has 2 aromatic rings. The molecule has 0 bridgehead atoms. The van der Waals surface area contributed by atoms with Crippen LogP contribution in [0.2, 0.25) is 17.1 Å². The maximum absolute atomic E-state index is 14.9. The lowest BCUT2D eigenvalue weighted by atomic mass is 9.88. The van der Waals surface area contributed by atoms with E-state index in [9.17, 15) is 79.4 Å². The zero-order valence-electron chi connectivity index (χ0n) is 33.0. The van der Waals surface area contributed by atoms with Crippen molar-refractivity contribution >= 4 is 20.1 Å². The number of hydrogen-bond acceptors (Lipinski definition) is 5. The number of rotatable bonds is 22. The second-order valence-electron chi connectivity index (χ2n) is 14.5. The van der Waals surface area contributed by atoms with Gasteiger partial charge in [-0.3, -0.25) is 5.32 Å². The first-order valence-electron chi connectivity index (χ1n) is 17.9. The van der Waals surface area contributed by atoms with Gasteiger partial charge in [0.1, 0.15) is 24.2 Å². The molecule has 2 atom stereocenters. The lowest BCUT2D eigenvalue weighted by Gasteiger charge is -2.44. The molecule has 6 nitrogen and oxygen atoms in total. The number of carbonyl (C=O) groups excluding carboxylic acids is 1. The first-order valence-corrected chi connectivity index (χ1v) is 20.2. The van der Waals surface area contributed by atoms with Crippen LogP contribution in [0.5, 0.6) is 11.5 Å². The van der Waals surface area contributed by atoms with Crippen LogP contribution in [0.25, 0.3) is 0 Å². The number of hydrogen-bond donors (Lipinski definition) is 1. The number of alkyl halides is 17. The predicted octanol–water partition coefficient (Wildman–Crippen LogP) is 13.4. The highest BCUT2D eigenvalue weighted by Crippen LogP contribution is 2.64. The van der Waals surface area contributed by atoms with Gasteiger partial charge in [-0.1, -0.05) is 52.8 Å². The van der Waals surface area contributed by atoms with Crippen LogP contribution in [-0.2, 0) is 9.16 Å². The Hall–Kier alpha value is -3.96. The molecule has 0 spiro atoms. The van der Waals surface area contributed by atoms with Crippen LogP contribution < -0.4 is 14.8 Å². The van der Waals surface area contributed by atoms with Gasteiger partial charge in [-0.25, -0.2) is 4.79 Å². The summed E-state index contributed by atoms with van der Waals surface area (Å²) in [6.07, 6.45) is -10.5. The van der Waals surface area contributed by atoms with Gasteiger partial charge in [0.15, 0.2) is 8.32 Å². The maximum Gasteiger partial charge on any atom is 0.460 e. The van der Waals surface area contributed by atoms with Crippen LogP contribution in [-0.4, -0.2) is 82.4 Å². The number of benzene rings is 2. The molecule has 0 aliphatic heterocycles. The molecule has 1 N–H and O–H groups in total. The molecule has 0 saturated heterocycles. The van der Waals surface area contributed by atoms with Crippen LogP contribution in [0.15, 0.2) is 61.2 Å². The molecule has 0 aromatic heterocycles. The van der Waals surface area contributed by atoms with Crippen LogP contribution in [0.3, 0.4) is 0 Å². The molecule has 2 aromatic carbocycles. The predicted molar refractivity (Wildman–Crippen MR) is 189 cm³/mol. The fourth-order valence-electron chi connectivity index (χ4n) is 6.04. The third kappa shape index (κ3) is 10.3.